The van der Waals surface area contributed by atoms with Gasteiger partial charge in [0.2, 0.25) is 5.91 Å². The van der Waals surface area contributed by atoms with Crippen LogP contribution in [0.2, 0.25) is 0 Å². The molecule has 1 aliphatic carbocycles. The standard InChI is InChI=1S/C12H24N2O2/c13-12(7-3-4-8-12)11(16)14-9-5-1-2-6-10-15/h15H,1-10,13H2,(H,14,16). The van der Waals surface area contributed by atoms with E-state index < -0.39 is 5.54 Å². The molecule has 0 aromatic heterocycles. The molecule has 0 aliphatic heterocycles. The Morgan fingerprint density at radius 1 is 1.19 bits per heavy atom. The molecule has 0 bridgehead atoms. The van der Waals surface area contributed by atoms with Crippen molar-refractivity contribution in [1.82, 2.24) is 5.32 Å². The van der Waals surface area contributed by atoms with Crippen LogP contribution in [-0.2, 0) is 4.79 Å². The third kappa shape index (κ3) is 4.10. The highest BCUT2D eigenvalue weighted by atomic mass is 16.2. The number of aliphatic hydroxyl groups excluding tert-OH is 1. The lowest BCUT2D eigenvalue weighted by atomic mass is 9.98. The van der Waals surface area contributed by atoms with Crippen molar-refractivity contribution in [2.24, 2.45) is 5.73 Å². The third-order valence-corrected chi connectivity index (χ3v) is 3.32. The quantitative estimate of drug-likeness (QED) is 0.567. The van der Waals surface area contributed by atoms with E-state index in [9.17, 15) is 4.79 Å². The number of carbonyl (C=O) groups excluding carboxylic acids is 1. The maximum Gasteiger partial charge on any atom is 0.240 e. The van der Waals surface area contributed by atoms with E-state index in [1.165, 1.54) is 0 Å². The Labute approximate surface area is 97.6 Å². The van der Waals surface area contributed by atoms with Gasteiger partial charge in [-0.3, -0.25) is 4.79 Å². The second-order valence-electron chi connectivity index (χ2n) is 4.76. The van der Waals surface area contributed by atoms with Gasteiger partial charge in [0.25, 0.3) is 0 Å². The molecule has 0 atom stereocenters. The average molecular weight is 228 g/mol. The first-order valence-corrected chi connectivity index (χ1v) is 6.37. The summed E-state index contributed by atoms with van der Waals surface area (Å²) in [7, 11) is 0. The van der Waals surface area contributed by atoms with Crippen LogP contribution in [0.25, 0.3) is 0 Å². The SMILES string of the molecule is NC1(C(=O)NCCCCCCO)CCCC1. The van der Waals surface area contributed by atoms with Gasteiger partial charge in [-0.25, -0.2) is 0 Å². The first-order valence-electron chi connectivity index (χ1n) is 6.37. The van der Waals surface area contributed by atoms with Crippen molar-refractivity contribution in [3.8, 4) is 0 Å². The van der Waals surface area contributed by atoms with Crippen LogP contribution in [0.1, 0.15) is 51.4 Å². The first kappa shape index (κ1) is 13.5. The monoisotopic (exact) mass is 228 g/mol. The Morgan fingerprint density at radius 3 is 2.44 bits per heavy atom. The van der Waals surface area contributed by atoms with Crippen LogP contribution in [-0.4, -0.2) is 29.7 Å². The molecule has 0 aromatic rings. The van der Waals surface area contributed by atoms with Gasteiger partial charge >= 0.3 is 0 Å². The molecule has 4 heteroatoms. The zero-order chi connectivity index (χ0) is 11.9. The molecular weight excluding hydrogens is 204 g/mol. The van der Waals surface area contributed by atoms with Crippen LogP contribution in [0, 0.1) is 0 Å². The van der Waals surface area contributed by atoms with E-state index in [4.69, 9.17) is 10.8 Å². The number of unbranched alkanes of at least 4 members (excludes halogenated alkanes) is 3. The van der Waals surface area contributed by atoms with Crippen molar-refractivity contribution in [1.29, 1.82) is 0 Å². The number of carbonyl (C=O) groups is 1. The number of hydrogen-bond donors (Lipinski definition) is 3. The lowest BCUT2D eigenvalue weighted by molar-refractivity contribution is -0.126. The van der Waals surface area contributed by atoms with Crippen LogP contribution in [0.3, 0.4) is 0 Å². The van der Waals surface area contributed by atoms with E-state index in [-0.39, 0.29) is 12.5 Å². The van der Waals surface area contributed by atoms with E-state index in [0.717, 1.165) is 51.4 Å². The van der Waals surface area contributed by atoms with Gasteiger partial charge < -0.3 is 16.2 Å². The normalized spacial score (nSPS) is 18.6. The summed E-state index contributed by atoms with van der Waals surface area (Å²) in [5, 5.41) is 11.5. The van der Waals surface area contributed by atoms with E-state index in [1.54, 1.807) is 0 Å². The lowest BCUT2D eigenvalue weighted by Crippen LogP contribution is -2.52. The summed E-state index contributed by atoms with van der Waals surface area (Å²) >= 11 is 0. The highest BCUT2D eigenvalue weighted by molar-refractivity contribution is 5.86. The zero-order valence-electron chi connectivity index (χ0n) is 10.0. The average Bonchev–Trinajstić information content (AvgIpc) is 2.71. The summed E-state index contributed by atoms with van der Waals surface area (Å²) in [5.41, 5.74) is 5.43. The predicted molar refractivity (Wildman–Crippen MR) is 63.9 cm³/mol. The summed E-state index contributed by atoms with van der Waals surface area (Å²) < 4.78 is 0. The van der Waals surface area contributed by atoms with E-state index in [2.05, 4.69) is 5.32 Å². The highest BCUT2D eigenvalue weighted by Crippen LogP contribution is 2.27. The topological polar surface area (TPSA) is 75.4 Å². The number of nitrogens with two attached hydrogens (primary N) is 1. The lowest BCUT2D eigenvalue weighted by Gasteiger charge is -2.22. The van der Waals surface area contributed by atoms with Crippen LogP contribution >= 0.6 is 0 Å². The van der Waals surface area contributed by atoms with Gasteiger partial charge in [-0.05, 0) is 25.7 Å². The van der Waals surface area contributed by atoms with Gasteiger partial charge in [0.1, 0.15) is 0 Å². The van der Waals surface area contributed by atoms with Gasteiger partial charge in [0, 0.05) is 13.2 Å². The number of nitrogens with one attached hydrogen (secondary N) is 1. The Morgan fingerprint density at radius 2 is 1.81 bits per heavy atom. The minimum absolute atomic E-state index is 0.0205. The van der Waals surface area contributed by atoms with Crippen LogP contribution in [0.15, 0.2) is 0 Å². The van der Waals surface area contributed by atoms with Crippen LogP contribution < -0.4 is 11.1 Å². The summed E-state index contributed by atoms with van der Waals surface area (Å²) in [6, 6.07) is 0. The Balaban J connectivity index is 2.06. The molecule has 4 N–H and O–H groups in total. The number of hydrogen-bond acceptors (Lipinski definition) is 3. The fourth-order valence-electron chi connectivity index (χ4n) is 2.20. The largest absolute Gasteiger partial charge is 0.396 e. The molecule has 4 nitrogen and oxygen atoms in total. The summed E-state index contributed by atoms with van der Waals surface area (Å²) in [6.45, 7) is 0.974. The number of aliphatic hydroxyl groups is 1. The van der Waals surface area contributed by atoms with Gasteiger partial charge in [-0.2, -0.15) is 0 Å². The molecule has 0 aromatic carbocycles. The summed E-state index contributed by atoms with van der Waals surface area (Å²) in [6.07, 6.45) is 7.70. The van der Waals surface area contributed by atoms with Crippen LogP contribution in [0.4, 0.5) is 0 Å². The van der Waals surface area contributed by atoms with E-state index >= 15 is 0 Å². The first-order chi connectivity index (χ1) is 7.69. The second kappa shape index (κ2) is 6.86. The molecule has 0 heterocycles. The van der Waals surface area contributed by atoms with E-state index in [0.29, 0.717) is 6.54 Å². The van der Waals surface area contributed by atoms with Crippen molar-refractivity contribution in [3.63, 3.8) is 0 Å². The van der Waals surface area contributed by atoms with Crippen molar-refractivity contribution in [2.45, 2.75) is 56.9 Å². The molecule has 1 rings (SSSR count). The molecule has 16 heavy (non-hydrogen) atoms. The van der Waals surface area contributed by atoms with E-state index in [1.807, 2.05) is 0 Å². The predicted octanol–water partition coefficient (Wildman–Crippen LogP) is 0.927. The summed E-state index contributed by atoms with van der Waals surface area (Å²) in [5.74, 6) is 0.0205. The van der Waals surface area contributed by atoms with Crippen molar-refractivity contribution in [3.05, 3.63) is 0 Å². The van der Waals surface area contributed by atoms with Gasteiger partial charge in [-0.1, -0.05) is 25.7 Å². The van der Waals surface area contributed by atoms with Gasteiger partial charge in [0.05, 0.1) is 5.54 Å². The molecular formula is C12H24N2O2. The van der Waals surface area contributed by atoms with Gasteiger partial charge in [-0.15, -0.1) is 0 Å². The molecule has 0 unspecified atom stereocenters. The second-order valence-corrected chi connectivity index (χ2v) is 4.76. The third-order valence-electron chi connectivity index (χ3n) is 3.32. The maximum absolute atomic E-state index is 11.8. The minimum Gasteiger partial charge on any atom is -0.396 e. The molecule has 1 fully saturated rings. The minimum atomic E-state index is -0.592. The molecule has 1 aliphatic rings. The Kier molecular flexibility index (Phi) is 5.77. The fourth-order valence-corrected chi connectivity index (χ4v) is 2.20. The van der Waals surface area contributed by atoms with Crippen molar-refractivity contribution < 1.29 is 9.90 Å². The molecule has 0 radical (unpaired) electrons. The summed E-state index contributed by atoms with van der Waals surface area (Å²) in [4.78, 5) is 11.8. The molecule has 94 valence electrons. The molecule has 1 saturated carbocycles. The maximum atomic E-state index is 11.8. The Bertz CT molecular complexity index is 213. The Hall–Kier alpha value is -0.610. The zero-order valence-corrected chi connectivity index (χ0v) is 10.0. The number of amides is 1. The molecule has 0 spiro atoms. The number of rotatable bonds is 7. The van der Waals surface area contributed by atoms with Crippen molar-refractivity contribution >= 4 is 5.91 Å². The fraction of sp³-hybridized carbons (Fsp3) is 0.917. The molecule has 0 saturated heterocycles. The van der Waals surface area contributed by atoms with Crippen molar-refractivity contribution in [2.75, 3.05) is 13.2 Å². The van der Waals surface area contributed by atoms with Gasteiger partial charge in [0.15, 0.2) is 0 Å². The highest BCUT2D eigenvalue weighted by Gasteiger charge is 2.36. The van der Waals surface area contributed by atoms with Crippen LogP contribution in [0.5, 0.6) is 0 Å². The smallest absolute Gasteiger partial charge is 0.240 e. The molecule has 1 amide bonds.